The van der Waals surface area contributed by atoms with Crippen molar-refractivity contribution in [1.29, 1.82) is 0 Å². The van der Waals surface area contributed by atoms with Gasteiger partial charge in [-0.3, -0.25) is 0 Å². The maximum absolute atomic E-state index is 13.2. The summed E-state index contributed by atoms with van der Waals surface area (Å²) >= 11 is 0. The SMILES string of the molecule is Fc1ccc(OCCOc2c(F)c(F)cc(F)c2F)cc1. The van der Waals surface area contributed by atoms with Gasteiger partial charge < -0.3 is 9.47 Å². The average molecular weight is 304 g/mol. The van der Waals surface area contributed by atoms with Gasteiger partial charge in [-0.1, -0.05) is 0 Å². The first-order valence-corrected chi connectivity index (χ1v) is 5.83. The Morgan fingerprint density at radius 2 is 1.24 bits per heavy atom. The Bertz CT molecular complexity index is 602. The van der Waals surface area contributed by atoms with Crippen molar-refractivity contribution in [3.63, 3.8) is 0 Å². The molecule has 0 spiro atoms. The van der Waals surface area contributed by atoms with E-state index >= 15 is 0 Å². The summed E-state index contributed by atoms with van der Waals surface area (Å²) in [7, 11) is 0. The largest absolute Gasteiger partial charge is 0.490 e. The second-order valence-corrected chi connectivity index (χ2v) is 3.95. The number of hydrogen-bond acceptors (Lipinski definition) is 2. The van der Waals surface area contributed by atoms with Crippen molar-refractivity contribution in [2.75, 3.05) is 13.2 Å². The molecule has 0 saturated heterocycles. The Morgan fingerprint density at radius 3 is 1.81 bits per heavy atom. The molecule has 7 heteroatoms. The highest BCUT2D eigenvalue weighted by molar-refractivity contribution is 5.28. The van der Waals surface area contributed by atoms with E-state index in [1.165, 1.54) is 12.1 Å². The molecule has 0 N–H and O–H groups in total. The molecule has 0 unspecified atom stereocenters. The van der Waals surface area contributed by atoms with E-state index < -0.39 is 34.8 Å². The highest BCUT2D eigenvalue weighted by Gasteiger charge is 2.20. The standard InChI is InChI=1S/C14H9F5O2/c15-8-1-3-9(4-2-8)20-5-6-21-14-12(18)10(16)7-11(17)13(14)19/h1-4,7H,5-6H2. The van der Waals surface area contributed by atoms with Crippen LogP contribution >= 0.6 is 0 Å². The van der Waals surface area contributed by atoms with E-state index in [0.717, 1.165) is 12.1 Å². The maximum atomic E-state index is 13.2. The Morgan fingerprint density at radius 1 is 0.714 bits per heavy atom. The lowest BCUT2D eigenvalue weighted by Crippen LogP contribution is -2.12. The molecule has 2 nitrogen and oxygen atoms in total. The highest BCUT2D eigenvalue weighted by Crippen LogP contribution is 2.26. The topological polar surface area (TPSA) is 18.5 Å². The molecule has 0 aliphatic rings. The minimum absolute atomic E-state index is 0.0898. The molecule has 0 aromatic heterocycles. The number of halogens is 5. The number of hydrogen-bond donors (Lipinski definition) is 0. The lowest BCUT2D eigenvalue weighted by atomic mass is 10.3. The minimum Gasteiger partial charge on any atom is -0.490 e. The molecular formula is C14H9F5O2. The van der Waals surface area contributed by atoms with Gasteiger partial charge in [-0.25, -0.2) is 13.2 Å². The van der Waals surface area contributed by atoms with Crippen molar-refractivity contribution in [3.8, 4) is 11.5 Å². The van der Waals surface area contributed by atoms with Crippen LogP contribution in [0.15, 0.2) is 30.3 Å². The zero-order valence-corrected chi connectivity index (χ0v) is 10.5. The molecule has 0 bridgehead atoms. The summed E-state index contributed by atoms with van der Waals surface area (Å²) < 4.78 is 74.7. The van der Waals surface area contributed by atoms with Crippen molar-refractivity contribution in [1.82, 2.24) is 0 Å². The van der Waals surface area contributed by atoms with Crippen LogP contribution in [-0.2, 0) is 0 Å². The predicted octanol–water partition coefficient (Wildman–Crippen LogP) is 3.84. The first kappa shape index (κ1) is 15.1. The van der Waals surface area contributed by atoms with Crippen molar-refractivity contribution >= 4 is 0 Å². The lowest BCUT2D eigenvalue weighted by Gasteiger charge is -2.10. The monoisotopic (exact) mass is 304 g/mol. The van der Waals surface area contributed by atoms with Crippen molar-refractivity contribution in [2.45, 2.75) is 0 Å². The third-order valence-corrected chi connectivity index (χ3v) is 2.48. The minimum atomic E-state index is -1.62. The molecule has 2 aromatic rings. The molecule has 0 fully saturated rings. The van der Waals surface area contributed by atoms with Gasteiger partial charge in [0.1, 0.15) is 24.8 Å². The van der Waals surface area contributed by atoms with Crippen LogP contribution in [0.4, 0.5) is 22.0 Å². The van der Waals surface area contributed by atoms with Gasteiger partial charge in [0.25, 0.3) is 0 Å². The molecule has 0 radical (unpaired) electrons. The summed E-state index contributed by atoms with van der Waals surface area (Å²) in [5.41, 5.74) is 0. The van der Waals surface area contributed by atoms with Gasteiger partial charge in [-0.2, -0.15) is 8.78 Å². The van der Waals surface area contributed by atoms with Crippen LogP contribution in [0.25, 0.3) is 0 Å². The zero-order chi connectivity index (χ0) is 15.4. The molecule has 0 heterocycles. The van der Waals surface area contributed by atoms with Gasteiger partial charge >= 0.3 is 0 Å². The zero-order valence-electron chi connectivity index (χ0n) is 10.5. The van der Waals surface area contributed by atoms with E-state index in [1.807, 2.05) is 0 Å². The van der Waals surface area contributed by atoms with Crippen LogP contribution in [-0.4, -0.2) is 13.2 Å². The highest BCUT2D eigenvalue weighted by atomic mass is 19.2. The molecular weight excluding hydrogens is 295 g/mol. The van der Waals surface area contributed by atoms with E-state index in [-0.39, 0.29) is 19.3 Å². The Hall–Kier alpha value is -2.31. The van der Waals surface area contributed by atoms with Gasteiger partial charge in [-0.05, 0) is 24.3 Å². The van der Waals surface area contributed by atoms with Crippen LogP contribution in [0.2, 0.25) is 0 Å². The summed E-state index contributed by atoms with van der Waals surface area (Å²) in [5, 5.41) is 0. The van der Waals surface area contributed by atoms with Gasteiger partial charge in [0.2, 0.25) is 11.6 Å². The van der Waals surface area contributed by atoms with Gasteiger partial charge in [-0.15, -0.1) is 0 Å². The first-order chi connectivity index (χ1) is 9.99. The molecule has 0 amide bonds. The van der Waals surface area contributed by atoms with Crippen LogP contribution in [0.1, 0.15) is 0 Å². The van der Waals surface area contributed by atoms with Crippen molar-refractivity contribution < 1.29 is 31.4 Å². The molecule has 21 heavy (non-hydrogen) atoms. The quantitative estimate of drug-likeness (QED) is 0.475. The summed E-state index contributed by atoms with van der Waals surface area (Å²) in [6, 6.07) is 5.11. The Labute approximate surface area is 116 Å². The third kappa shape index (κ3) is 3.62. The lowest BCUT2D eigenvalue weighted by molar-refractivity contribution is 0.201. The summed E-state index contributed by atoms with van der Waals surface area (Å²) in [6.07, 6.45) is 0. The van der Waals surface area contributed by atoms with Gasteiger partial charge in [0.05, 0.1) is 0 Å². The molecule has 2 aromatic carbocycles. The van der Waals surface area contributed by atoms with E-state index in [4.69, 9.17) is 4.74 Å². The molecule has 0 aliphatic heterocycles. The number of rotatable bonds is 5. The smallest absolute Gasteiger partial charge is 0.203 e. The predicted molar refractivity (Wildman–Crippen MR) is 63.7 cm³/mol. The van der Waals surface area contributed by atoms with E-state index in [2.05, 4.69) is 4.74 Å². The van der Waals surface area contributed by atoms with E-state index in [9.17, 15) is 22.0 Å². The molecule has 112 valence electrons. The number of benzene rings is 2. The van der Waals surface area contributed by atoms with E-state index in [0.29, 0.717) is 5.75 Å². The van der Waals surface area contributed by atoms with E-state index in [1.54, 1.807) is 0 Å². The maximum Gasteiger partial charge on any atom is 0.203 e. The van der Waals surface area contributed by atoms with Crippen LogP contribution in [0.3, 0.4) is 0 Å². The van der Waals surface area contributed by atoms with Crippen LogP contribution < -0.4 is 9.47 Å². The summed E-state index contributed by atoms with van der Waals surface area (Å²) in [5.74, 6) is -7.61. The average Bonchev–Trinajstić information content (AvgIpc) is 2.46. The molecule has 0 saturated carbocycles. The second kappa shape index (κ2) is 6.43. The third-order valence-electron chi connectivity index (χ3n) is 2.48. The fraction of sp³-hybridized carbons (Fsp3) is 0.143. The van der Waals surface area contributed by atoms with Gasteiger partial charge in [0, 0.05) is 6.07 Å². The van der Waals surface area contributed by atoms with Crippen molar-refractivity contribution in [3.05, 3.63) is 59.4 Å². The molecule has 2 rings (SSSR count). The Balaban J connectivity index is 1.93. The van der Waals surface area contributed by atoms with Crippen LogP contribution in [0, 0.1) is 29.1 Å². The fourth-order valence-electron chi connectivity index (χ4n) is 1.51. The fourth-order valence-corrected chi connectivity index (χ4v) is 1.51. The summed E-state index contributed by atoms with van der Waals surface area (Å²) in [4.78, 5) is 0. The molecule has 0 aliphatic carbocycles. The normalized spacial score (nSPS) is 10.5. The second-order valence-electron chi connectivity index (χ2n) is 3.95. The van der Waals surface area contributed by atoms with Gasteiger partial charge in [0.15, 0.2) is 17.4 Å². The van der Waals surface area contributed by atoms with Crippen LogP contribution in [0.5, 0.6) is 11.5 Å². The number of ether oxygens (including phenoxy) is 2. The Kier molecular flexibility index (Phi) is 4.62. The molecule has 0 atom stereocenters. The first-order valence-electron chi connectivity index (χ1n) is 5.83. The van der Waals surface area contributed by atoms with Crippen molar-refractivity contribution in [2.24, 2.45) is 0 Å². The summed E-state index contributed by atoms with van der Waals surface area (Å²) in [6.45, 7) is -0.503.